The third kappa shape index (κ3) is 3.78. The van der Waals surface area contributed by atoms with Crippen LogP contribution in [-0.4, -0.2) is 0 Å². The van der Waals surface area contributed by atoms with Crippen molar-refractivity contribution in [2.45, 2.75) is 25.3 Å². The van der Waals surface area contributed by atoms with E-state index in [1.807, 2.05) is 6.07 Å². The monoisotopic (exact) mass is 361 g/mol. The van der Waals surface area contributed by atoms with Gasteiger partial charge >= 0.3 is 0 Å². The van der Waals surface area contributed by atoms with Crippen molar-refractivity contribution >= 4 is 38.9 Å². The van der Waals surface area contributed by atoms with Crippen molar-refractivity contribution in [3.63, 3.8) is 0 Å². The van der Waals surface area contributed by atoms with Gasteiger partial charge in [-0.15, -0.1) is 11.3 Å². The van der Waals surface area contributed by atoms with Gasteiger partial charge in [0.25, 0.3) is 0 Å². The van der Waals surface area contributed by atoms with Crippen LogP contribution in [0.2, 0.25) is 5.02 Å². The number of benzene rings is 1. The van der Waals surface area contributed by atoms with Crippen LogP contribution in [0.5, 0.6) is 0 Å². The second-order valence-electron chi connectivity index (χ2n) is 4.34. The molecule has 0 saturated carbocycles. The Balaban J connectivity index is 1.96. The van der Waals surface area contributed by atoms with E-state index < -0.39 is 5.82 Å². The van der Waals surface area contributed by atoms with E-state index in [0.717, 1.165) is 19.3 Å². The number of rotatable bonds is 5. The minimum atomic E-state index is -0.417. The largest absolute Gasteiger partial charge is 0.324 e. The highest BCUT2D eigenvalue weighted by Crippen LogP contribution is 2.31. The number of hydrogen-bond acceptors (Lipinski definition) is 2. The van der Waals surface area contributed by atoms with E-state index in [4.69, 9.17) is 17.3 Å². The second-order valence-corrected chi connectivity index (χ2v) is 6.61. The lowest BCUT2D eigenvalue weighted by Crippen LogP contribution is -2.12. The highest BCUT2D eigenvalue weighted by Gasteiger charge is 2.15. The van der Waals surface area contributed by atoms with Crippen LogP contribution in [0.1, 0.15) is 29.3 Å². The maximum absolute atomic E-state index is 14.0. The third-order valence-electron chi connectivity index (χ3n) is 2.98. The number of thiophene rings is 1. The molecule has 1 aromatic carbocycles. The van der Waals surface area contributed by atoms with Gasteiger partial charge in [-0.1, -0.05) is 23.7 Å². The molecule has 0 aliphatic carbocycles. The zero-order valence-electron chi connectivity index (χ0n) is 10.2. The molecule has 1 unspecified atom stereocenters. The molecule has 0 aliphatic heterocycles. The Bertz CT molecular complexity index is 545. The fourth-order valence-corrected chi connectivity index (χ4v) is 3.16. The molecule has 2 rings (SSSR count). The lowest BCUT2D eigenvalue weighted by Gasteiger charge is -2.14. The van der Waals surface area contributed by atoms with Crippen LogP contribution < -0.4 is 5.73 Å². The Morgan fingerprint density at radius 3 is 2.84 bits per heavy atom. The first kappa shape index (κ1) is 15.0. The quantitative estimate of drug-likeness (QED) is 0.715. The molecular weight excluding hydrogens is 349 g/mol. The molecule has 1 atom stereocenters. The molecule has 2 aromatic rings. The van der Waals surface area contributed by atoms with E-state index in [-0.39, 0.29) is 11.1 Å². The zero-order valence-corrected chi connectivity index (χ0v) is 13.4. The van der Waals surface area contributed by atoms with Crippen molar-refractivity contribution in [2.24, 2.45) is 5.73 Å². The first-order valence-electron chi connectivity index (χ1n) is 6.01. The summed E-state index contributed by atoms with van der Waals surface area (Å²) in [5.74, 6) is -0.417. The summed E-state index contributed by atoms with van der Waals surface area (Å²) in [5, 5.41) is 2.16. The Morgan fingerprint density at radius 1 is 1.37 bits per heavy atom. The molecule has 1 nitrogen and oxygen atoms in total. The molecule has 0 saturated heterocycles. The minimum Gasteiger partial charge on any atom is -0.324 e. The molecule has 5 heteroatoms. The molecule has 0 aliphatic rings. The Hall–Kier alpha value is -0.420. The van der Waals surface area contributed by atoms with Crippen LogP contribution in [-0.2, 0) is 6.42 Å². The summed E-state index contributed by atoms with van der Waals surface area (Å²) in [4.78, 5) is 1.33. The average molecular weight is 363 g/mol. The van der Waals surface area contributed by atoms with E-state index in [1.165, 1.54) is 4.88 Å². The highest BCUT2D eigenvalue weighted by atomic mass is 79.9. The lowest BCUT2D eigenvalue weighted by molar-refractivity contribution is 0.551. The van der Waals surface area contributed by atoms with Gasteiger partial charge in [0.05, 0.1) is 5.02 Å². The van der Waals surface area contributed by atoms with Crippen molar-refractivity contribution in [1.82, 2.24) is 0 Å². The van der Waals surface area contributed by atoms with Gasteiger partial charge in [-0.3, -0.25) is 0 Å². The standard InChI is InChI=1S/C14H14BrClFNS/c15-11-7-6-10(14(17)13(11)16)12(18)5-1-3-9-4-2-8-19-9/h2,4,6-8,12H,1,3,5,18H2. The van der Waals surface area contributed by atoms with Crippen LogP contribution in [0.4, 0.5) is 4.39 Å². The van der Waals surface area contributed by atoms with Crippen LogP contribution >= 0.6 is 38.9 Å². The smallest absolute Gasteiger partial charge is 0.147 e. The predicted octanol–water partition coefficient (Wildman–Crippen LogP) is 5.33. The zero-order chi connectivity index (χ0) is 13.8. The molecule has 0 spiro atoms. The summed E-state index contributed by atoms with van der Waals surface area (Å²) in [6.07, 6.45) is 2.67. The fraction of sp³-hybridized carbons (Fsp3) is 0.286. The summed E-state index contributed by atoms with van der Waals surface area (Å²) in [7, 11) is 0. The maximum Gasteiger partial charge on any atom is 0.147 e. The molecule has 1 aromatic heterocycles. The fourth-order valence-electron chi connectivity index (χ4n) is 1.93. The topological polar surface area (TPSA) is 26.0 Å². The van der Waals surface area contributed by atoms with E-state index >= 15 is 0 Å². The first-order valence-corrected chi connectivity index (χ1v) is 8.06. The molecule has 19 heavy (non-hydrogen) atoms. The van der Waals surface area contributed by atoms with Crippen molar-refractivity contribution < 1.29 is 4.39 Å². The summed E-state index contributed by atoms with van der Waals surface area (Å²) < 4.78 is 14.5. The van der Waals surface area contributed by atoms with E-state index in [0.29, 0.717) is 10.0 Å². The van der Waals surface area contributed by atoms with Crippen LogP contribution in [0.15, 0.2) is 34.1 Å². The summed E-state index contributed by atoms with van der Waals surface area (Å²) in [6.45, 7) is 0. The predicted molar refractivity (Wildman–Crippen MR) is 83.3 cm³/mol. The molecule has 0 amide bonds. The SMILES string of the molecule is NC(CCCc1cccs1)c1ccc(Br)c(Cl)c1F. The van der Waals surface area contributed by atoms with Crippen LogP contribution in [0, 0.1) is 5.82 Å². The molecular formula is C14H14BrClFNS. The molecule has 1 heterocycles. The molecule has 0 fully saturated rings. The van der Waals surface area contributed by atoms with Gasteiger partial charge in [0, 0.05) is 21.0 Å². The third-order valence-corrected chi connectivity index (χ3v) is 5.18. The van der Waals surface area contributed by atoms with Gasteiger partial charge < -0.3 is 5.73 Å². The summed E-state index contributed by atoms with van der Waals surface area (Å²) >= 11 is 10.8. The van der Waals surface area contributed by atoms with Crippen molar-refractivity contribution in [3.05, 3.63) is 55.4 Å². The van der Waals surface area contributed by atoms with E-state index in [9.17, 15) is 4.39 Å². The van der Waals surface area contributed by atoms with Crippen LogP contribution in [0.3, 0.4) is 0 Å². The van der Waals surface area contributed by atoms with Gasteiger partial charge in [0.1, 0.15) is 5.82 Å². The first-order chi connectivity index (χ1) is 9.09. The molecule has 2 N–H and O–H groups in total. The molecule has 0 radical (unpaired) electrons. The van der Waals surface area contributed by atoms with Gasteiger partial charge in [0.15, 0.2) is 0 Å². The van der Waals surface area contributed by atoms with Crippen molar-refractivity contribution in [1.29, 1.82) is 0 Å². The van der Waals surface area contributed by atoms with Gasteiger partial charge in [-0.25, -0.2) is 4.39 Å². The molecule has 102 valence electrons. The van der Waals surface area contributed by atoms with Crippen molar-refractivity contribution in [2.75, 3.05) is 0 Å². The van der Waals surface area contributed by atoms with E-state index in [1.54, 1.807) is 23.5 Å². The number of aryl methyl sites for hydroxylation is 1. The Labute approximate surface area is 129 Å². The summed E-state index contributed by atoms with van der Waals surface area (Å²) in [5.41, 5.74) is 6.53. The van der Waals surface area contributed by atoms with Crippen LogP contribution in [0.25, 0.3) is 0 Å². The van der Waals surface area contributed by atoms with E-state index in [2.05, 4.69) is 27.4 Å². The summed E-state index contributed by atoms with van der Waals surface area (Å²) in [6, 6.07) is 7.26. The highest BCUT2D eigenvalue weighted by molar-refractivity contribution is 9.10. The Morgan fingerprint density at radius 2 is 2.16 bits per heavy atom. The lowest BCUT2D eigenvalue weighted by atomic mass is 10.0. The van der Waals surface area contributed by atoms with Gasteiger partial charge in [-0.05, 0) is 52.7 Å². The normalized spacial score (nSPS) is 12.6. The van der Waals surface area contributed by atoms with Gasteiger partial charge in [-0.2, -0.15) is 0 Å². The Kier molecular flexibility index (Phi) is 5.39. The molecule has 0 bridgehead atoms. The maximum atomic E-state index is 14.0. The number of halogens is 3. The number of nitrogens with two attached hydrogens (primary N) is 1. The van der Waals surface area contributed by atoms with Crippen molar-refractivity contribution in [3.8, 4) is 0 Å². The number of hydrogen-bond donors (Lipinski definition) is 1. The minimum absolute atomic E-state index is 0.103. The van der Waals surface area contributed by atoms with Gasteiger partial charge in [0.2, 0.25) is 0 Å². The average Bonchev–Trinajstić information content (AvgIpc) is 2.89. The second kappa shape index (κ2) is 6.84.